The molecule has 1 heterocycles. The Labute approximate surface area is 229 Å². The first-order valence-corrected chi connectivity index (χ1v) is 13.7. The third-order valence-corrected chi connectivity index (χ3v) is 9.86. The van der Waals surface area contributed by atoms with E-state index in [4.69, 9.17) is 0 Å². The Kier molecular flexibility index (Phi) is 7.93. The zero-order valence-electron chi connectivity index (χ0n) is 20.9. The van der Waals surface area contributed by atoms with Crippen molar-refractivity contribution >= 4 is 15.7 Å². The number of carbonyl (C=O) groups is 1. The lowest BCUT2D eigenvalue weighted by atomic mass is 9.80. The highest BCUT2D eigenvalue weighted by Crippen LogP contribution is 2.54. The minimum absolute atomic E-state index is 0.0666. The number of nitrogens with zero attached hydrogens (tertiary/aromatic N) is 1. The maximum absolute atomic E-state index is 14.6. The van der Waals surface area contributed by atoms with E-state index in [9.17, 15) is 48.3 Å². The van der Waals surface area contributed by atoms with Gasteiger partial charge in [-0.25, -0.2) is 17.2 Å². The topological polar surface area (TPSA) is 76.1 Å². The van der Waals surface area contributed by atoms with Gasteiger partial charge in [0, 0.05) is 29.6 Å². The summed E-state index contributed by atoms with van der Waals surface area (Å²) in [5, 5.41) is 2.77. The van der Waals surface area contributed by atoms with E-state index in [0.29, 0.717) is 5.56 Å². The van der Waals surface area contributed by atoms with Crippen molar-refractivity contribution in [3.63, 3.8) is 0 Å². The molecule has 0 unspecified atom stereocenters. The second-order valence-corrected chi connectivity index (χ2v) is 11.9. The van der Waals surface area contributed by atoms with Gasteiger partial charge >= 0.3 is 18.0 Å². The summed E-state index contributed by atoms with van der Waals surface area (Å²) in [6.07, 6.45) is -10.1. The number of carbonyl (C=O) groups excluding carboxylic acids is 1. The third kappa shape index (κ3) is 5.41. The number of benzene rings is 2. The van der Waals surface area contributed by atoms with Gasteiger partial charge in [0.15, 0.2) is 9.84 Å². The minimum Gasteiger partial charge on any atom is -0.349 e. The molecule has 1 amide bonds. The maximum Gasteiger partial charge on any atom is 0.435 e. The van der Waals surface area contributed by atoms with Crippen molar-refractivity contribution in [2.24, 2.45) is 0 Å². The van der Waals surface area contributed by atoms with Crippen LogP contribution in [0.4, 0.5) is 35.1 Å². The molecule has 1 aliphatic rings. The van der Waals surface area contributed by atoms with Gasteiger partial charge in [0.05, 0.1) is 4.90 Å². The molecule has 1 fully saturated rings. The summed E-state index contributed by atoms with van der Waals surface area (Å²) in [5.41, 5.74) is -7.31. The molecule has 5 nitrogen and oxygen atoms in total. The predicted octanol–water partition coefficient (Wildman–Crippen LogP) is 6.55. The molecule has 0 saturated heterocycles. The summed E-state index contributed by atoms with van der Waals surface area (Å²) in [4.78, 5) is 16.1. The van der Waals surface area contributed by atoms with Gasteiger partial charge in [-0.15, -0.1) is 0 Å². The number of hydrogen-bond donors (Lipinski definition) is 1. The monoisotopic (exact) mass is 606 g/mol. The number of rotatable bonds is 6. The van der Waals surface area contributed by atoms with Crippen molar-refractivity contribution < 1.29 is 48.3 Å². The van der Waals surface area contributed by atoms with Gasteiger partial charge in [0.2, 0.25) is 0 Å². The van der Waals surface area contributed by atoms with Gasteiger partial charge in [0.25, 0.3) is 5.91 Å². The molecule has 3 aromatic rings. The van der Waals surface area contributed by atoms with Gasteiger partial charge in [-0.2, -0.15) is 26.3 Å². The number of pyridine rings is 1. The van der Waals surface area contributed by atoms with Crippen LogP contribution in [-0.4, -0.2) is 37.7 Å². The minimum atomic E-state index is -6.34. The Morgan fingerprint density at radius 2 is 1.32 bits per heavy atom. The third-order valence-electron chi connectivity index (χ3n) is 7.30. The Hall–Kier alpha value is -3.55. The Morgan fingerprint density at radius 1 is 0.805 bits per heavy atom. The maximum atomic E-state index is 14.6. The van der Waals surface area contributed by atoms with E-state index in [1.54, 1.807) is 0 Å². The predicted molar refractivity (Wildman–Crippen MR) is 131 cm³/mol. The Morgan fingerprint density at radius 3 is 1.80 bits per heavy atom. The lowest BCUT2D eigenvalue weighted by Crippen LogP contribution is -2.50. The molecule has 0 bridgehead atoms. The molecule has 1 saturated carbocycles. The second kappa shape index (κ2) is 10.7. The first kappa shape index (κ1) is 30.4. The average molecular weight is 607 g/mol. The Bertz CT molecular complexity index is 1470. The van der Waals surface area contributed by atoms with Crippen LogP contribution in [0.15, 0.2) is 78.0 Å². The normalized spacial score (nSPS) is 20.4. The number of amides is 1. The fourth-order valence-electron chi connectivity index (χ4n) is 5.04. The number of sulfone groups is 1. The van der Waals surface area contributed by atoms with Crippen molar-refractivity contribution in [1.82, 2.24) is 10.3 Å². The largest absolute Gasteiger partial charge is 0.435 e. The molecule has 220 valence electrons. The van der Waals surface area contributed by atoms with Crippen LogP contribution in [0.3, 0.4) is 0 Å². The molecule has 0 atom stereocenters. The fraction of sp³-hybridized carbons (Fsp3) is 0.333. The molecule has 1 aliphatic carbocycles. The molecule has 2 aromatic carbocycles. The highest BCUT2D eigenvalue weighted by molar-refractivity contribution is 7.92. The number of halogens is 8. The summed E-state index contributed by atoms with van der Waals surface area (Å²) >= 11 is 0. The molecule has 4 rings (SSSR count). The molecule has 0 spiro atoms. The molecule has 1 N–H and O–H groups in total. The smallest absolute Gasteiger partial charge is 0.349 e. The number of aromatic nitrogens is 1. The van der Waals surface area contributed by atoms with E-state index >= 15 is 0 Å². The second-order valence-electron chi connectivity index (χ2n) is 9.67. The molecule has 0 aliphatic heterocycles. The molecule has 41 heavy (non-hydrogen) atoms. The van der Waals surface area contributed by atoms with E-state index in [1.807, 2.05) is 0 Å². The first-order chi connectivity index (χ1) is 19.0. The zero-order chi connectivity index (χ0) is 30.3. The molecule has 1 aromatic heterocycles. The van der Waals surface area contributed by atoms with Crippen LogP contribution in [0.25, 0.3) is 0 Å². The highest BCUT2D eigenvalue weighted by Gasteiger charge is 2.73. The van der Waals surface area contributed by atoms with Crippen molar-refractivity contribution in [2.75, 3.05) is 0 Å². The number of hydrogen-bond acceptors (Lipinski definition) is 4. The van der Waals surface area contributed by atoms with Crippen molar-refractivity contribution in [3.05, 3.63) is 95.6 Å². The summed E-state index contributed by atoms with van der Waals surface area (Å²) in [7, 11) is -4.43. The van der Waals surface area contributed by atoms with Crippen LogP contribution in [0.2, 0.25) is 0 Å². The molecular weight excluding hydrogens is 584 g/mol. The number of alkyl halides is 7. The van der Waals surface area contributed by atoms with Crippen LogP contribution in [-0.2, 0) is 20.3 Å². The van der Waals surface area contributed by atoms with E-state index in [0.717, 1.165) is 36.4 Å². The first-order valence-electron chi connectivity index (χ1n) is 12.2. The summed E-state index contributed by atoms with van der Waals surface area (Å²) < 4.78 is 134. The van der Waals surface area contributed by atoms with Gasteiger partial charge < -0.3 is 5.32 Å². The van der Waals surface area contributed by atoms with Crippen molar-refractivity contribution in [1.29, 1.82) is 0 Å². The highest BCUT2D eigenvalue weighted by atomic mass is 32.2. The Balaban J connectivity index is 1.72. The summed E-state index contributed by atoms with van der Waals surface area (Å²) in [6, 6.07) is 8.23. The SMILES string of the molecule is O=C(NC1CCC(c2ccc(C(F)(C(F)(F)F)C(F)(F)F)cc2)(S(=O)(=O)c2ccc(F)cc2)CC1)c1ccncc1. The van der Waals surface area contributed by atoms with Crippen molar-refractivity contribution in [2.45, 2.75) is 59.4 Å². The van der Waals surface area contributed by atoms with Gasteiger partial charge in [-0.1, -0.05) is 24.3 Å². The van der Waals surface area contributed by atoms with Crippen molar-refractivity contribution in [3.8, 4) is 0 Å². The summed E-state index contributed by atoms with van der Waals surface area (Å²) in [5.74, 6) is -1.18. The van der Waals surface area contributed by atoms with Crippen LogP contribution in [0.1, 0.15) is 47.2 Å². The van der Waals surface area contributed by atoms with Gasteiger partial charge in [0.1, 0.15) is 10.6 Å². The van der Waals surface area contributed by atoms with Gasteiger partial charge in [-0.3, -0.25) is 9.78 Å². The van der Waals surface area contributed by atoms with Gasteiger partial charge in [-0.05, 0) is 67.6 Å². The van der Waals surface area contributed by atoms with Crippen LogP contribution in [0, 0.1) is 5.82 Å². The van der Waals surface area contributed by atoms with E-state index in [-0.39, 0.29) is 48.3 Å². The van der Waals surface area contributed by atoms with Crippen LogP contribution >= 0.6 is 0 Å². The van der Waals surface area contributed by atoms with Crippen LogP contribution in [0.5, 0.6) is 0 Å². The van der Waals surface area contributed by atoms with E-state index in [2.05, 4.69) is 10.3 Å². The molecular formula is C27H22F8N2O3S. The number of nitrogens with one attached hydrogen (secondary N) is 1. The lowest BCUT2D eigenvalue weighted by molar-refractivity contribution is -0.348. The standard InChI is InChI=1S/C27H22F8N2O3S/c28-20-5-7-22(8-6-20)41(39,40)24(13-9-21(10-14-24)37-23(38)17-11-15-36-16-12-17)18-1-3-19(4-2-18)25(29,26(30,31)32)27(33,34)35/h1-8,11-12,15-16,21H,9-10,13-14H2,(H,37,38). The van der Waals surface area contributed by atoms with Crippen LogP contribution < -0.4 is 5.32 Å². The summed E-state index contributed by atoms with van der Waals surface area (Å²) in [6.45, 7) is 0. The molecule has 0 radical (unpaired) electrons. The quantitative estimate of drug-likeness (QED) is 0.255. The average Bonchev–Trinajstić information content (AvgIpc) is 2.92. The van der Waals surface area contributed by atoms with E-state index in [1.165, 1.54) is 24.5 Å². The fourth-order valence-corrected chi connectivity index (χ4v) is 7.21. The van der Waals surface area contributed by atoms with E-state index < -0.39 is 55.9 Å². The molecule has 14 heteroatoms. The zero-order valence-corrected chi connectivity index (χ0v) is 21.8. The lowest BCUT2D eigenvalue weighted by Gasteiger charge is -2.40.